The van der Waals surface area contributed by atoms with Gasteiger partial charge in [-0.1, -0.05) is 37.6 Å². The van der Waals surface area contributed by atoms with Crippen LogP contribution in [0.3, 0.4) is 0 Å². The van der Waals surface area contributed by atoms with Gasteiger partial charge in [-0.05, 0) is 66.3 Å². The van der Waals surface area contributed by atoms with Crippen molar-refractivity contribution in [2.24, 2.45) is 5.73 Å². The predicted molar refractivity (Wildman–Crippen MR) is 139 cm³/mol. The summed E-state index contributed by atoms with van der Waals surface area (Å²) in [5.74, 6) is -0.587. The topological polar surface area (TPSA) is 107 Å². The molecule has 174 valence electrons. The van der Waals surface area contributed by atoms with Gasteiger partial charge in [0.15, 0.2) is 0 Å². The Kier molecular flexibility index (Phi) is 9.01. The molecule has 0 aliphatic carbocycles. The number of nitrogen functional groups attached to an aromatic ring is 1. The SMILES string of the molecule is CCCP(OCC)C(Cc1ccc(C(=O)Nc2cc(-c3cccs3)ccc2N)cc1)C(N)=O. The standard InChI is InChI=1S/C25H30N3O3PS/c1-3-13-32(31-4-2)22(24(27)29)15-17-7-9-18(10-8-17)25(30)28-21-16-19(11-12-20(21)26)23-6-5-14-33-23/h5-12,14,16,22H,3-4,13,15,26H2,1-2H3,(H2,27,29)(H,28,30). The number of hydrogen-bond donors (Lipinski definition) is 3. The number of nitrogens with one attached hydrogen (secondary N) is 1. The molecule has 0 spiro atoms. The van der Waals surface area contributed by atoms with E-state index in [0.717, 1.165) is 28.6 Å². The van der Waals surface area contributed by atoms with Gasteiger partial charge in [0.05, 0.1) is 17.0 Å². The van der Waals surface area contributed by atoms with Gasteiger partial charge in [-0.3, -0.25) is 9.59 Å². The van der Waals surface area contributed by atoms with E-state index in [1.54, 1.807) is 29.5 Å². The smallest absolute Gasteiger partial charge is 0.255 e. The van der Waals surface area contributed by atoms with Gasteiger partial charge in [0, 0.05) is 25.2 Å². The third-order valence-corrected chi connectivity index (χ3v) is 8.70. The van der Waals surface area contributed by atoms with Gasteiger partial charge in [0.1, 0.15) is 0 Å². The molecule has 2 atom stereocenters. The largest absolute Gasteiger partial charge is 0.397 e. The molecule has 2 aromatic carbocycles. The number of benzene rings is 2. The first-order chi connectivity index (χ1) is 15.9. The highest BCUT2D eigenvalue weighted by atomic mass is 32.1. The highest BCUT2D eigenvalue weighted by molar-refractivity contribution is 7.54. The monoisotopic (exact) mass is 483 g/mol. The summed E-state index contributed by atoms with van der Waals surface area (Å²) in [7, 11) is -0.930. The molecule has 0 saturated heterocycles. The minimum absolute atomic E-state index is 0.245. The molecule has 6 nitrogen and oxygen atoms in total. The molecule has 0 fully saturated rings. The van der Waals surface area contributed by atoms with E-state index in [9.17, 15) is 9.59 Å². The summed E-state index contributed by atoms with van der Waals surface area (Å²) >= 11 is 1.63. The zero-order chi connectivity index (χ0) is 23.8. The molecular formula is C25H30N3O3PS. The van der Waals surface area contributed by atoms with Crippen LogP contribution in [0.4, 0.5) is 11.4 Å². The fraction of sp³-hybridized carbons (Fsp3) is 0.280. The van der Waals surface area contributed by atoms with Gasteiger partial charge in [-0.25, -0.2) is 0 Å². The number of nitrogens with two attached hydrogens (primary N) is 2. The zero-order valence-corrected chi connectivity index (χ0v) is 20.6. The summed E-state index contributed by atoms with van der Waals surface area (Å²) < 4.78 is 5.84. The van der Waals surface area contributed by atoms with E-state index in [1.807, 2.05) is 48.7 Å². The maximum Gasteiger partial charge on any atom is 0.255 e. The molecule has 3 aromatic rings. The maximum absolute atomic E-state index is 12.8. The summed E-state index contributed by atoms with van der Waals surface area (Å²) in [5, 5.41) is 4.92. The van der Waals surface area contributed by atoms with E-state index in [-0.39, 0.29) is 17.5 Å². The number of amides is 2. The van der Waals surface area contributed by atoms with E-state index in [1.165, 1.54) is 0 Å². The lowest BCUT2D eigenvalue weighted by Crippen LogP contribution is -2.30. The molecule has 8 heteroatoms. The number of carbonyl (C=O) groups is 2. The van der Waals surface area contributed by atoms with E-state index < -0.39 is 8.15 Å². The normalized spacial score (nSPS) is 12.8. The summed E-state index contributed by atoms with van der Waals surface area (Å²) in [6.45, 7) is 4.56. The Morgan fingerprint density at radius 1 is 1.12 bits per heavy atom. The summed E-state index contributed by atoms with van der Waals surface area (Å²) in [5.41, 5.74) is 15.0. The number of rotatable bonds is 11. The van der Waals surface area contributed by atoms with Crippen molar-refractivity contribution in [2.75, 3.05) is 23.8 Å². The second kappa shape index (κ2) is 11.9. The van der Waals surface area contributed by atoms with Crippen molar-refractivity contribution in [3.05, 3.63) is 71.1 Å². The van der Waals surface area contributed by atoms with Crippen molar-refractivity contribution in [3.8, 4) is 10.4 Å². The van der Waals surface area contributed by atoms with Crippen molar-refractivity contribution in [3.63, 3.8) is 0 Å². The van der Waals surface area contributed by atoms with Crippen LogP contribution in [0.25, 0.3) is 10.4 Å². The number of primary amides is 1. The molecule has 1 heterocycles. The molecule has 3 rings (SSSR count). The molecule has 5 N–H and O–H groups in total. The van der Waals surface area contributed by atoms with Gasteiger partial charge in [0.25, 0.3) is 5.91 Å². The Morgan fingerprint density at radius 2 is 1.88 bits per heavy atom. The van der Waals surface area contributed by atoms with Crippen molar-refractivity contribution >= 4 is 42.7 Å². The van der Waals surface area contributed by atoms with E-state index in [4.69, 9.17) is 16.0 Å². The van der Waals surface area contributed by atoms with Crippen LogP contribution in [0.15, 0.2) is 60.0 Å². The number of hydrogen-bond acceptors (Lipinski definition) is 5. The molecule has 2 amide bonds. The third kappa shape index (κ3) is 6.64. The second-order valence-electron chi connectivity index (χ2n) is 7.61. The second-order valence-corrected chi connectivity index (χ2v) is 10.7. The third-order valence-electron chi connectivity index (χ3n) is 5.17. The Hall–Kier alpha value is -2.73. The fourth-order valence-electron chi connectivity index (χ4n) is 3.51. The van der Waals surface area contributed by atoms with E-state index in [0.29, 0.717) is 30.0 Å². The van der Waals surface area contributed by atoms with Gasteiger partial charge in [-0.15, -0.1) is 11.3 Å². The van der Waals surface area contributed by atoms with Crippen LogP contribution < -0.4 is 16.8 Å². The summed E-state index contributed by atoms with van der Waals surface area (Å²) in [6, 6.07) is 16.9. The molecule has 0 saturated carbocycles. The van der Waals surface area contributed by atoms with E-state index in [2.05, 4.69) is 12.2 Å². The number of carbonyl (C=O) groups excluding carboxylic acids is 2. The van der Waals surface area contributed by atoms with Crippen LogP contribution in [-0.2, 0) is 15.7 Å². The highest BCUT2D eigenvalue weighted by Crippen LogP contribution is 2.44. The van der Waals surface area contributed by atoms with Crippen molar-refractivity contribution in [1.82, 2.24) is 0 Å². The maximum atomic E-state index is 12.8. The molecule has 0 aliphatic heterocycles. The van der Waals surface area contributed by atoms with Gasteiger partial charge < -0.3 is 21.3 Å². The molecule has 1 aromatic heterocycles. The van der Waals surface area contributed by atoms with Gasteiger partial charge in [-0.2, -0.15) is 0 Å². The molecule has 0 radical (unpaired) electrons. The number of anilines is 2. The average Bonchev–Trinajstić information content (AvgIpc) is 3.34. The Bertz CT molecular complexity index is 1070. The fourth-order valence-corrected chi connectivity index (χ4v) is 6.33. The van der Waals surface area contributed by atoms with Crippen LogP contribution in [-0.4, -0.2) is 30.2 Å². The van der Waals surface area contributed by atoms with Gasteiger partial charge in [0.2, 0.25) is 5.91 Å². The zero-order valence-electron chi connectivity index (χ0n) is 18.9. The lowest BCUT2D eigenvalue weighted by Gasteiger charge is -2.24. The van der Waals surface area contributed by atoms with Gasteiger partial charge >= 0.3 is 0 Å². The summed E-state index contributed by atoms with van der Waals surface area (Å²) in [4.78, 5) is 26.0. The Morgan fingerprint density at radius 3 is 2.48 bits per heavy atom. The van der Waals surface area contributed by atoms with Crippen molar-refractivity contribution < 1.29 is 14.1 Å². The first-order valence-corrected chi connectivity index (χ1v) is 13.3. The molecule has 0 aliphatic rings. The van der Waals surface area contributed by atoms with Crippen molar-refractivity contribution in [2.45, 2.75) is 32.3 Å². The first-order valence-electron chi connectivity index (χ1n) is 11.0. The van der Waals surface area contributed by atoms with Crippen LogP contribution in [0, 0.1) is 0 Å². The minimum Gasteiger partial charge on any atom is -0.397 e. The van der Waals surface area contributed by atoms with Crippen molar-refractivity contribution in [1.29, 1.82) is 0 Å². The van der Waals surface area contributed by atoms with Crippen LogP contribution in [0.1, 0.15) is 36.2 Å². The molecule has 2 unspecified atom stereocenters. The van der Waals surface area contributed by atoms with E-state index >= 15 is 0 Å². The van der Waals surface area contributed by atoms with Crippen LogP contribution in [0.2, 0.25) is 0 Å². The highest BCUT2D eigenvalue weighted by Gasteiger charge is 2.27. The Labute approximate surface area is 200 Å². The number of thiophene rings is 1. The van der Waals surface area contributed by atoms with Crippen LogP contribution in [0.5, 0.6) is 0 Å². The molecule has 0 bridgehead atoms. The lowest BCUT2D eigenvalue weighted by atomic mass is 10.1. The average molecular weight is 484 g/mol. The first kappa shape index (κ1) is 24.9. The Balaban J connectivity index is 1.71. The van der Waals surface area contributed by atoms with Crippen LogP contribution >= 0.6 is 19.5 Å². The molecule has 33 heavy (non-hydrogen) atoms. The quantitative estimate of drug-likeness (QED) is 0.248. The summed E-state index contributed by atoms with van der Waals surface area (Å²) in [6.07, 6.45) is 2.27. The minimum atomic E-state index is -0.930. The predicted octanol–water partition coefficient (Wildman–Crippen LogP) is 5.49. The lowest BCUT2D eigenvalue weighted by molar-refractivity contribution is -0.117. The molecular weight excluding hydrogens is 453 g/mol.